The second-order valence-corrected chi connectivity index (χ2v) is 5.59. The molecule has 0 heterocycles. The fraction of sp³-hybridized carbons (Fsp3) is 0.235. The van der Waals surface area contributed by atoms with Gasteiger partial charge in [0.2, 0.25) is 0 Å². The number of hydrogen-bond donors (Lipinski definition) is 0. The number of benzene rings is 2. The van der Waals surface area contributed by atoms with E-state index in [1.807, 2.05) is 24.3 Å². The van der Waals surface area contributed by atoms with Crippen molar-refractivity contribution >= 4 is 17.7 Å². The van der Waals surface area contributed by atoms with Gasteiger partial charge in [0.1, 0.15) is 5.75 Å². The lowest BCUT2D eigenvalue weighted by atomic mass is 10.1. The minimum absolute atomic E-state index is 0.315. The Kier molecular flexibility index (Phi) is 5.28. The zero-order valence-electron chi connectivity index (χ0n) is 12.4. The first kappa shape index (κ1) is 15.4. The monoisotopic (exact) mass is 302 g/mol. The summed E-state index contributed by atoms with van der Waals surface area (Å²) in [6, 6.07) is 13.6. The lowest BCUT2D eigenvalue weighted by Crippen LogP contribution is -2.00. The molecule has 2 rings (SSSR count). The molecule has 0 N–H and O–H groups in total. The molecule has 3 nitrogen and oxygen atoms in total. The van der Waals surface area contributed by atoms with Gasteiger partial charge in [-0.15, -0.1) is 0 Å². The molecule has 0 saturated heterocycles. The van der Waals surface area contributed by atoms with Crippen LogP contribution >= 0.6 is 11.8 Å². The second-order valence-electron chi connectivity index (χ2n) is 4.45. The summed E-state index contributed by atoms with van der Waals surface area (Å²) in [5, 5.41) is 0. The highest BCUT2D eigenvalue weighted by Crippen LogP contribution is 2.31. The SMILES string of the molecule is CCc1cc(Sc2ccc(C(=O)OC)cc2)ccc1OC. The van der Waals surface area contributed by atoms with Crippen molar-refractivity contribution in [2.75, 3.05) is 14.2 Å². The molecule has 0 aliphatic carbocycles. The zero-order chi connectivity index (χ0) is 15.2. The number of carbonyl (C=O) groups is 1. The number of carbonyl (C=O) groups excluding carboxylic acids is 1. The van der Waals surface area contributed by atoms with Crippen molar-refractivity contribution in [1.82, 2.24) is 0 Å². The molecule has 0 saturated carbocycles. The van der Waals surface area contributed by atoms with Crippen molar-refractivity contribution in [3.8, 4) is 5.75 Å². The smallest absolute Gasteiger partial charge is 0.337 e. The molecular weight excluding hydrogens is 284 g/mol. The molecule has 21 heavy (non-hydrogen) atoms. The van der Waals surface area contributed by atoms with Crippen molar-refractivity contribution in [2.45, 2.75) is 23.1 Å². The van der Waals surface area contributed by atoms with Crippen LogP contribution < -0.4 is 4.74 Å². The number of aryl methyl sites for hydroxylation is 1. The van der Waals surface area contributed by atoms with Crippen LogP contribution in [0.3, 0.4) is 0 Å². The topological polar surface area (TPSA) is 35.5 Å². The van der Waals surface area contributed by atoms with Gasteiger partial charge in [-0.25, -0.2) is 4.79 Å². The number of hydrogen-bond acceptors (Lipinski definition) is 4. The molecule has 4 heteroatoms. The van der Waals surface area contributed by atoms with Gasteiger partial charge in [-0.2, -0.15) is 0 Å². The quantitative estimate of drug-likeness (QED) is 0.776. The van der Waals surface area contributed by atoms with Gasteiger partial charge in [0.15, 0.2) is 0 Å². The van der Waals surface area contributed by atoms with Gasteiger partial charge < -0.3 is 9.47 Å². The second kappa shape index (κ2) is 7.18. The lowest BCUT2D eigenvalue weighted by Gasteiger charge is -2.09. The van der Waals surface area contributed by atoms with Crippen LogP contribution in [0.1, 0.15) is 22.8 Å². The summed E-state index contributed by atoms with van der Waals surface area (Å²) >= 11 is 1.66. The van der Waals surface area contributed by atoms with E-state index in [-0.39, 0.29) is 5.97 Å². The summed E-state index contributed by atoms with van der Waals surface area (Å²) in [4.78, 5) is 13.6. The molecule has 0 aromatic heterocycles. The van der Waals surface area contributed by atoms with Crippen LogP contribution in [-0.2, 0) is 11.2 Å². The summed E-state index contributed by atoms with van der Waals surface area (Å²) in [5.74, 6) is 0.604. The first-order valence-electron chi connectivity index (χ1n) is 6.71. The Bertz CT molecular complexity index is 620. The summed E-state index contributed by atoms with van der Waals surface area (Å²) < 4.78 is 10.0. The molecular formula is C17H18O3S. The number of esters is 1. The number of methoxy groups -OCH3 is 2. The Labute approximate surface area is 129 Å². The Hall–Kier alpha value is -1.94. The molecule has 0 radical (unpaired) electrons. The Morgan fingerprint density at radius 2 is 1.71 bits per heavy atom. The highest BCUT2D eigenvalue weighted by molar-refractivity contribution is 7.99. The average Bonchev–Trinajstić information content (AvgIpc) is 2.54. The minimum Gasteiger partial charge on any atom is -0.496 e. The largest absolute Gasteiger partial charge is 0.496 e. The van der Waals surface area contributed by atoms with Crippen molar-refractivity contribution in [2.24, 2.45) is 0 Å². The van der Waals surface area contributed by atoms with Crippen LogP contribution in [0.2, 0.25) is 0 Å². The molecule has 0 spiro atoms. The normalized spacial score (nSPS) is 10.2. The summed E-state index contributed by atoms with van der Waals surface area (Å²) in [5.41, 5.74) is 1.75. The van der Waals surface area contributed by atoms with Gasteiger partial charge in [-0.05, 0) is 54.4 Å². The number of rotatable bonds is 5. The summed E-state index contributed by atoms with van der Waals surface area (Å²) in [6.45, 7) is 2.11. The Morgan fingerprint density at radius 1 is 1.05 bits per heavy atom. The molecule has 110 valence electrons. The van der Waals surface area contributed by atoms with Crippen LogP contribution in [0.4, 0.5) is 0 Å². The van der Waals surface area contributed by atoms with Crippen LogP contribution in [-0.4, -0.2) is 20.2 Å². The molecule has 0 bridgehead atoms. The fourth-order valence-electron chi connectivity index (χ4n) is 2.01. The molecule has 0 unspecified atom stereocenters. The third-order valence-electron chi connectivity index (χ3n) is 3.14. The third-order valence-corrected chi connectivity index (χ3v) is 4.14. The molecule has 0 aliphatic rings. The molecule has 0 aliphatic heterocycles. The van der Waals surface area contributed by atoms with Crippen molar-refractivity contribution in [3.63, 3.8) is 0 Å². The standard InChI is InChI=1S/C17H18O3S/c1-4-12-11-15(9-10-16(12)19-2)21-14-7-5-13(6-8-14)17(18)20-3/h5-11H,4H2,1-3H3. The molecule has 0 atom stereocenters. The fourth-order valence-corrected chi connectivity index (χ4v) is 2.89. The maximum atomic E-state index is 11.4. The Morgan fingerprint density at radius 3 is 2.29 bits per heavy atom. The Balaban J connectivity index is 2.16. The predicted octanol–water partition coefficient (Wildman–Crippen LogP) is 4.20. The van der Waals surface area contributed by atoms with E-state index in [0.29, 0.717) is 5.56 Å². The molecule has 0 fully saturated rings. The summed E-state index contributed by atoms with van der Waals surface area (Å²) in [6.07, 6.45) is 0.929. The van der Waals surface area contributed by atoms with E-state index < -0.39 is 0 Å². The molecule has 0 amide bonds. The van der Waals surface area contributed by atoms with Gasteiger partial charge in [0, 0.05) is 9.79 Å². The van der Waals surface area contributed by atoms with E-state index in [2.05, 4.69) is 13.0 Å². The van der Waals surface area contributed by atoms with Gasteiger partial charge in [0.05, 0.1) is 19.8 Å². The van der Waals surface area contributed by atoms with Crippen molar-refractivity contribution in [1.29, 1.82) is 0 Å². The third kappa shape index (κ3) is 3.79. The average molecular weight is 302 g/mol. The molecule has 2 aromatic carbocycles. The summed E-state index contributed by atoms with van der Waals surface area (Å²) in [7, 11) is 3.07. The van der Waals surface area contributed by atoms with Crippen LogP contribution in [0, 0.1) is 0 Å². The highest BCUT2D eigenvalue weighted by atomic mass is 32.2. The first-order chi connectivity index (χ1) is 10.2. The van der Waals surface area contributed by atoms with Gasteiger partial charge in [-0.3, -0.25) is 0 Å². The van der Waals surface area contributed by atoms with E-state index >= 15 is 0 Å². The van der Waals surface area contributed by atoms with E-state index in [4.69, 9.17) is 9.47 Å². The number of ether oxygens (including phenoxy) is 2. The first-order valence-corrected chi connectivity index (χ1v) is 7.52. The van der Waals surface area contributed by atoms with Crippen molar-refractivity contribution in [3.05, 3.63) is 53.6 Å². The van der Waals surface area contributed by atoms with Gasteiger partial charge in [0.25, 0.3) is 0 Å². The van der Waals surface area contributed by atoms with Crippen LogP contribution in [0.25, 0.3) is 0 Å². The van der Waals surface area contributed by atoms with E-state index in [1.54, 1.807) is 31.0 Å². The van der Waals surface area contributed by atoms with Gasteiger partial charge >= 0.3 is 5.97 Å². The van der Waals surface area contributed by atoms with E-state index in [0.717, 1.165) is 22.0 Å². The molecule has 2 aromatic rings. The van der Waals surface area contributed by atoms with Gasteiger partial charge in [-0.1, -0.05) is 18.7 Å². The van der Waals surface area contributed by atoms with Crippen LogP contribution in [0.15, 0.2) is 52.3 Å². The van der Waals surface area contributed by atoms with Crippen LogP contribution in [0.5, 0.6) is 5.75 Å². The minimum atomic E-state index is -0.315. The van der Waals surface area contributed by atoms with Crippen molar-refractivity contribution < 1.29 is 14.3 Å². The van der Waals surface area contributed by atoms with E-state index in [1.165, 1.54) is 12.7 Å². The maximum Gasteiger partial charge on any atom is 0.337 e. The zero-order valence-corrected chi connectivity index (χ0v) is 13.2. The highest BCUT2D eigenvalue weighted by Gasteiger charge is 2.07. The predicted molar refractivity (Wildman–Crippen MR) is 84.3 cm³/mol. The lowest BCUT2D eigenvalue weighted by molar-refractivity contribution is 0.0600. The maximum absolute atomic E-state index is 11.4. The van der Waals surface area contributed by atoms with E-state index in [9.17, 15) is 4.79 Å².